The molecule has 1 aromatic rings. The number of nitrogens with zero attached hydrogens (tertiary/aromatic N) is 1. The average molecular weight is 276 g/mol. The van der Waals surface area contributed by atoms with E-state index in [1.165, 1.54) is 31.4 Å². The van der Waals surface area contributed by atoms with Crippen LogP contribution in [0, 0.1) is 5.92 Å². The lowest BCUT2D eigenvalue weighted by Gasteiger charge is -2.38. The molecule has 1 fully saturated rings. The lowest BCUT2D eigenvalue weighted by molar-refractivity contribution is 0.328. The highest BCUT2D eigenvalue weighted by atomic mass is 16.5. The number of nitrogens with two attached hydrogens (primary N) is 1. The minimum Gasteiger partial charge on any atom is -0.497 e. The fraction of sp³-hybridized carbons (Fsp3) is 0.647. The van der Waals surface area contributed by atoms with Gasteiger partial charge in [0.15, 0.2) is 0 Å². The number of hydrogen-bond acceptors (Lipinski definition) is 3. The largest absolute Gasteiger partial charge is 0.497 e. The molecule has 112 valence electrons. The SMILES string of the molecule is COc1cccc(N(CCCN)C2CCCC(C)C2)c1. The van der Waals surface area contributed by atoms with E-state index in [0.29, 0.717) is 6.04 Å². The van der Waals surface area contributed by atoms with E-state index in [-0.39, 0.29) is 0 Å². The summed E-state index contributed by atoms with van der Waals surface area (Å²) in [4.78, 5) is 2.55. The minimum absolute atomic E-state index is 0.650. The summed E-state index contributed by atoms with van der Waals surface area (Å²) in [6.07, 6.45) is 6.35. The molecule has 0 radical (unpaired) electrons. The van der Waals surface area contributed by atoms with Gasteiger partial charge in [-0.05, 0) is 43.9 Å². The van der Waals surface area contributed by atoms with Crippen LogP contribution in [0.15, 0.2) is 24.3 Å². The summed E-state index contributed by atoms with van der Waals surface area (Å²) in [5.74, 6) is 1.77. The van der Waals surface area contributed by atoms with E-state index < -0.39 is 0 Å². The van der Waals surface area contributed by atoms with Gasteiger partial charge in [0.1, 0.15) is 5.75 Å². The molecule has 3 nitrogen and oxygen atoms in total. The Morgan fingerprint density at radius 1 is 1.35 bits per heavy atom. The fourth-order valence-electron chi connectivity index (χ4n) is 3.26. The maximum Gasteiger partial charge on any atom is 0.120 e. The Balaban J connectivity index is 2.16. The van der Waals surface area contributed by atoms with Crippen LogP contribution in [-0.4, -0.2) is 26.2 Å². The molecule has 1 aromatic carbocycles. The van der Waals surface area contributed by atoms with E-state index >= 15 is 0 Å². The van der Waals surface area contributed by atoms with Crippen molar-refractivity contribution in [3.8, 4) is 5.75 Å². The second kappa shape index (κ2) is 7.53. The van der Waals surface area contributed by atoms with E-state index in [9.17, 15) is 0 Å². The van der Waals surface area contributed by atoms with Crippen molar-refractivity contribution >= 4 is 5.69 Å². The van der Waals surface area contributed by atoms with Crippen LogP contribution in [-0.2, 0) is 0 Å². The van der Waals surface area contributed by atoms with Crippen LogP contribution in [0.2, 0.25) is 0 Å². The van der Waals surface area contributed by atoms with Crippen molar-refractivity contribution in [2.45, 2.75) is 45.1 Å². The minimum atomic E-state index is 0.650. The van der Waals surface area contributed by atoms with Crippen molar-refractivity contribution in [2.75, 3.05) is 25.1 Å². The molecule has 3 heteroatoms. The number of rotatable bonds is 6. The topological polar surface area (TPSA) is 38.5 Å². The highest BCUT2D eigenvalue weighted by molar-refractivity contribution is 5.51. The number of anilines is 1. The molecule has 2 atom stereocenters. The second-order valence-electron chi connectivity index (χ2n) is 5.96. The van der Waals surface area contributed by atoms with Crippen molar-refractivity contribution < 1.29 is 4.74 Å². The first kappa shape index (κ1) is 15.2. The molecule has 1 aliphatic carbocycles. The first-order valence-corrected chi connectivity index (χ1v) is 7.85. The van der Waals surface area contributed by atoms with Gasteiger partial charge in [0, 0.05) is 24.3 Å². The maximum atomic E-state index is 5.72. The Kier molecular flexibility index (Phi) is 5.72. The van der Waals surface area contributed by atoms with Crippen LogP contribution in [0.1, 0.15) is 39.0 Å². The van der Waals surface area contributed by atoms with Crippen molar-refractivity contribution in [3.63, 3.8) is 0 Å². The van der Waals surface area contributed by atoms with Crippen LogP contribution >= 0.6 is 0 Å². The molecule has 0 bridgehead atoms. The molecule has 20 heavy (non-hydrogen) atoms. The predicted molar refractivity (Wildman–Crippen MR) is 85.4 cm³/mol. The quantitative estimate of drug-likeness (QED) is 0.865. The van der Waals surface area contributed by atoms with Crippen molar-refractivity contribution in [1.82, 2.24) is 0 Å². The van der Waals surface area contributed by atoms with Gasteiger partial charge in [-0.2, -0.15) is 0 Å². The Bertz CT molecular complexity index is 408. The molecule has 2 N–H and O–H groups in total. The van der Waals surface area contributed by atoms with E-state index in [1.807, 2.05) is 6.07 Å². The summed E-state index contributed by atoms with van der Waals surface area (Å²) in [5.41, 5.74) is 6.99. The summed E-state index contributed by atoms with van der Waals surface area (Å²) in [6.45, 7) is 4.17. The van der Waals surface area contributed by atoms with Crippen molar-refractivity contribution in [3.05, 3.63) is 24.3 Å². The second-order valence-corrected chi connectivity index (χ2v) is 5.96. The van der Waals surface area contributed by atoms with Crippen LogP contribution in [0.4, 0.5) is 5.69 Å². The number of benzene rings is 1. The Morgan fingerprint density at radius 3 is 2.90 bits per heavy atom. The first-order chi connectivity index (χ1) is 9.74. The third-order valence-electron chi connectivity index (χ3n) is 4.34. The average Bonchev–Trinajstić information content (AvgIpc) is 2.48. The van der Waals surface area contributed by atoms with E-state index in [2.05, 4.69) is 30.0 Å². The zero-order valence-corrected chi connectivity index (χ0v) is 12.8. The number of hydrogen-bond donors (Lipinski definition) is 1. The number of methoxy groups -OCH3 is 1. The van der Waals surface area contributed by atoms with Gasteiger partial charge >= 0.3 is 0 Å². The van der Waals surface area contributed by atoms with Gasteiger partial charge in [0.05, 0.1) is 7.11 Å². The molecular formula is C17H28N2O. The monoisotopic (exact) mass is 276 g/mol. The van der Waals surface area contributed by atoms with Gasteiger partial charge < -0.3 is 15.4 Å². The lowest BCUT2D eigenvalue weighted by Crippen LogP contribution is -2.39. The third-order valence-corrected chi connectivity index (χ3v) is 4.34. The molecule has 0 saturated heterocycles. The molecule has 1 aliphatic rings. The van der Waals surface area contributed by atoms with Gasteiger partial charge in [-0.25, -0.2) is 0 Å². The highest BCUT2D eigenvalue weighted by Gasteiger charge is 2.24. The molecule has 0 aromatic heterocycles. The van der Waals surface area contributed by atoms with E-state index in [1.54, 1.807) is 7.11 Å². The van der Waals surface area contributed by atoms with E-state index in [4.69, 9.17) is 10.5 Å². The van der Waals surface area contributed by atoms with Gasteiger partial charge in [0.25, 0.3) is 0 Å². The first-order valence-electron chi connectivity index (χ1n) is 7.85. The molecule has 0 aliphatic heterocycles. The predicted octanol–water partition coefficient (Wildman–Crippen LogP) is 3.43. The summed E-state index contributed by atoms with van der Waals surface area (Å²) < 4.78 is 5.37. The Hall–Kier alpha value is -1.22. The Morgan fingerprint density at radius 2 is 2.20 bits per heavy atom. The highest BCUT2D eigenvalue weighted by Crippen LogP contribution is 2.32. The van der Waals surface area contributed by atoms with Crippen LogP contribution in [0.5, 0.6) is 5.75 Å². The summed E-state index contributed by atoms with van der Waals surface area (Å²) in [5, 5.41) is 0. The van der Waals surface area contributed by atoms with Crippen LogP contribution in [0.3, 0.4) is 0 Å². The number of ether oxygens (including phenoxy) is 1. The lowest BCUT2D eigenvalue weighted by atomic mass is 9.86. The summed E-state index contributed by atoms with van der Waals surface area (Å²) in [7, 11) is 1.73. The van der Waals surface area contributed by atoms with Gasteiger partial charge in [0.2, 0.25) is 0 Å². The smallest absolute Gasteiger partial charge is 0.120 e. The van der Waals surface area contributed by atoms with Crippen LogP contribution < -0.4 is 15.4 Å². The van der Waals surface area contributed by atoms with E-state index in [0.717, 1.165) is 31.2 Å². The fourth-order valence-corrected chi connectivity index (χ4v) is 3.26. The molecule has 2 unspecified atom stereocenters. The normalized spacial score (nSPS) is 22.6. The van der Waals surface area contributed by atoms with Crippen molar-refractivity contribution in [2.24, 2.45) is 11.7 Å². The summed E-state index contributed by atoms with van der Waals surface area (Å²) in [6, 6.07) is 9.08. The van der Waals surface area contributed by atoms with Crippen molar-refractivity contribution in [1.29, 1.82) is 0 Å². The van der Waals surface area contributed by atoms with Gasteiger partial charge in [-0.15, -0.1) is 0 Å². The third kappa shape index (κ3) is 3.89. The van der Waals surface area contributed by atoms with Gasteiger partial charge in [-0.3, -0.25) is 0 Å². The zero-order valence-electron chi connectivity index (χ0n) is 12.8. The molecule has 0 spiro atoms. The van der Waals surface area contributed by atoms with Crippen LogP contribution in [0.25, 0.3) is 0 Å². The molecule has 2 rings (SSSR count). The summed E-state index contributed by atoms with van der Waals surface area (Å²) >= 11 is 0. The van der Waals surface area contributed by atoms with Gasteiger partial charge in [-0.1, -0.05) is 25.8 Å². The molecular weight excluding hydrogens is 248 g/mol. The molecule has 0 heterocycles. The molecule has 0 amide bonds. The molecule has 1 saturated carbocycles. The Labute approximate surface area is 123 Å². The standard InChI is InChI=1S/C17H28N2O/c1-14-6-3-7-15(12-14)19(11-5-10-18)16-8-4-9-17(13-16)20-2/h4,8-9,13-15H,3,5-7,10-12,18H2,1-2H3. The maximum absolute atomic E-state index is 5.72. The zero-order chi connectivity index (χ0) is 14.4.